The number of imidazole rings is 1. The molecule has 0 unspecified atom stereocenters. The van der Waals surface area contributed by atoms with Crippen molar-refractivity contribution in [2.45, 2.75) is 57.4 Å². The van der Waals surface area contributed by atoms with E-state index >= 15 is 0 Å². The molecule has 0 amide bonds. The molecule has 0 aliphatic heterocycles. The highest BCUT2D eigenvalue weighted by Gasteiger charge is 2.23. The molecule has 1 heterocycles. The zero-order chi connectivity index (χ0) is 11.5. The van der Waals surface area contributed by atoms with Gasteiger partial charge in [0.05, 0.1) is 0 Å². The molecular formula is C13H23N3. The van der Waals surface area contributed by atoms with Gasteiger partial charge < -0.3 is 10.3 Å². The van der Waals surface area contributed by atoms with Crippen LogP contribution in [0.4, 0.5) is 0 Å². The Morgan fingerprint density at radius 2 is 2.00 bits per heavy atom. The number of aromatic amines is 1. The maximum Gasteiger partial charge on any atom is 0.109 e. The van der Waals surface area contributed by atoms with Crippen molar-refractivity contribution in [3.05, 3.63) is 17.7 Å². The summed E-state index contributed by atoms with van der Waals surface area (Å²) >= 11 is 0. The molecule has 2 rings (SSSR count). The summed E-state index contributed by atoms with van der Waals surface area (Å²) < 4.78 is 0. The van der Waals surface area contributed by atoms with Crippen molar-refractivity contribution in [1.82, 2.24) is 15.3 Å². The van der Waals surface area contributed by atoms with Crippen LogP contribution in [0.5, 0.6) is 0 Å². The normalized spacial score (nSPS) is 26.2. The van der Waals surface area contributed by atoms with Crippen LogP contribution in [0.15, 0.2) is 6.20 Å². The Kier molecular flexibility index (Phi) is 3.64. The number of hydrogen-bond donors (Lipinski definition) is 2. The number of hydrogen-bond acceptors (Lipinski definition) is 2. The first-order valence-electron chi connectivity index (χ1n) is 6.42. The molecule has 0 aromatic carbocycles. The van der Waals surface area contributed by atoms with Crippen molar-refractivity contribution in [1.29, 1.82) is 0 Å². The Balaban J connectivity index is 1.97. The zero-order valence-electron chi connectivity index (χ0n) is 10.6. The molecule has 0 radical (unpaired) electrons. The average molecular weight is 221 g/mol. The zero-order valence-corrected chi connectivity index (χ0v) is 10.6. The van der Waals surface area contributed by atoms with Gasteiger partial charge in [-0.15, -0.1) is 0 Å². The minimum Gasteiger partial charge on any atom is -0.345 e. The molecule has 1 aliphatic rings. The highest BCUT2D eigenvalue weighted by molar-refractivity contribution is 5.09. The maximum atomic E-state index is 4.54. The van der Waals surface area contributed by atoms with E-state index in [-0.39, 0.29) is 0 Å². The number of nitrogens with zero attached hydrogens (tertiary/aromatic N) is 1. The largest absolute Gasteiger partial charge is 0.345 e. The summed E-state index contributed by atoms with van der Waals surface area (Å²) in [6, 6.07) is 0.718. The number of nitrogens with one attached hydrogen (secondary N) is 2. The van der Waals surface area contributed by atoms with Crippen LogP contribution in [0.1, 0.15) is 62.9 Å². The van der Waals surface area contributed by atoms with Crippen LogP contribution in [-0.2, 0) is 0 Å². The highest BCUT2D eigenvalue weighted by Crippen LogP contribution is 2.31. The summed E-state index contributed by atoms with van der Waals surface area (Å²) in [5.74, 6) is 2.41. The lowest BCUT2D eigenvalue weighted by Crippen LogP contribution is -2.29. The van der Waals surface area contributed by atoms with Crippen LogP contribution in [0.3, 0.4) is 0 Å². The van der Waals surface area contributed by atoms with Crippen molar-refractivity contribution >= 4 is 0 Å². The predicted octanol–water partition coefficient (Wildman–Crippen LogP) is 2.78. The lowest BCUT2D eigenvalue weighted by atomic mass is 9.85. The molecule has 1 saturated carbocycles. The Morgan fingerprint density at radius 1 is 1.31 bits per heavy atom. The maximum absolute atomic E-state index is 4.54. The minimum atomic E-state index is 0.551. The Labute approximate surface area is 98.1 Å². The fourth-order valence-electron chi connectivity index (χ4n) is 2.51. The van der Waals surface area contributed by atoms with Gasteiger partial charge in [0.1, 0.15) is 5.82 Å². The van der Waals surface area contributed by atoms with Gasteiger partial charge in [0.25, 0.3) is 0 Å². The lowest BCUT2D eigenvalue weighted by molar-refractivity contribution is 0.351. The molecule has 16 heavy (non-hydrogen) atoms. The van der Waals surface area contributed by atoms with Gasteiger partial charge in [0.15, 0.2) is 0 Å². The first-order valence-corrected chi connectivity index (χ1v) is 6.42. The molecule has 0 atom stereocenters. The summed E-state index contributed by atoms with van der Waals surface area (Å²) in [7, 11) is 2.06. The van der Waals surface area contributed by atoms with Crippen molar-refractivity contribution in [2.24, 2.45) is 0 Å². The minimum absolute atomic E-state index is 0.551. The van der Waals surface area contributed by atoms with E-state index in [2.05, 4.69) is 36.2 Å². The van der Waals surface area contributed by atoms with E-state index in [4.69, 9.17) is 0 Å². The van der Waals surface area contributed by atoms with Crippen LogP contribution in [-0.4, -0.2) is 23.1 Å². The first kappa shape index (κ1) is 11.6. The smallest absolute Gasteiger partial charge is 0.109 e. The Morgan fingerprint density at radius 3 is 2.50 bits per heavy atom. The van der Waals surface area contributed by atoms with E-state index in [1.54, 1.807) is 0 Å². The molecule has 90 valence electrons. The highest BCUT2D eigenvalue weighted by atomic mass is 14.9. The van der Waals surface area contributed by atoms with Gasteiger partial charge >= 0.3 is 0 Å². The molecule has 3 nitrogen and oxygen atoms in total. The van der Waals surface area contributed by atoms with Crippen LogP contribution < -0.4 is 5.32 Å². The van der Waals surface area contributed by atoms with Crippen LogP contribution in [0.2, 0.25) is 0 Å². The second-order valence-electron chi connectivity index (χ2n) is 5.22. The van der Waals surface area contributed by atoms with Crippen LogP contribution in [0, 0.1) is 0 Å². The molecule has 1 aromatic rings. The monoisotopic (exact) mass is 221 g/mol. The fraction of sp³-hybridized carbons (Fsp3) is 0.769. The summed E-state index contributed by atoms with van der Waals surface area (Å²) in [5, 5.41) is 3.37. The first-order chi connectivity index (χ1) is 7.70. The molecule has 0 saturated heterocycles. The van der Waals surface area contributed by atoms with E-state index in [1.807, 2.05) is 6.20 Å². The standard InChI is InChI=1S/C13H23N3/c1-9(2)12-8-15-13(16-12)10-4-6-11(14-3)7-5-10/h8-11,14H,4-7H2,1-3H3,(H,15,16). The molecule has 3 heteroatoms. The molecule has 0 bridgehead atoms. The van der Waals surface area contributed by atoms with Gasteiger partial charge in [0, 0.05) is 23.9 Å². The van der Waals surface area contributed by atoms with E-state index in [1.165, 1.54) is 37.2 Å². The quantitative estimate of drug-likeness (QED) is 0.824. The SMILES string of the molecule is CNC1CCC(c2ncc(C(C)C)[nH]2)CC1. The van der Waals surface area contributed by atoms with Gasteiger partial charge in [0.2, 0.25) is 0 Å². The topological polar surface area (TPSA) is 40.7 Å². The molecule has 1 fully saturated rings. The van der Waals surface area contributed by atoms with Gasteiger partial charge in [-0.1, -0.05) is 13.8 Å². The number of aromatic nitrogens is 2. The summed E-state index contributed by atoms with van der Waals surface area (Å²) in [6.07, 6.45) is 7.08. The number of H-pyrrole nitrogens is 1. The van der Waals surface area contributed by atoms with Crippen molar-refractivity contribution in [3.63, 3.8) is 0 Å². The van der Waals surface area contributed by atoms with Crippen molar-refractivity contribution < 1.29 is 0 Å². The van der Waals surface area contributed by atoms with E-state index in [9.17, 15) is 0 Å². The van der Waals surface area contributed by atoms with E-state index in [0.717, 1.165) is 6.04 Å². The average Bonchev–Trinajstić information content (AvgIpc) is 2.78. The molecular weight excluding hydrogens is 198 g/mol. The van der Waals surface area contributed by atoms with Gasteiger partial charge in [-0.05, 0) is 38.6 Å². The van der Waals surface area contributed by atoms with Gasteiger partial charge in [-0.3, -0.25) is 0 Å². The predicted molar refractivity (Wildman–Crippen MR) is 66.7 cm³/mol. The van der Waals surface area contributed by atoms with Gasteiger partial charge in [-0.25, -0.2) is 4.98 Å². The summed E-state index contributed by atoms with van der Waals surface area (Å²) in [5.41, 5.74) is 1.27. The molecule has 1 aliphatic carbocycles. The Bertz CT molecular complexity index is 322. The van der Waals surface area contributed by atoms with Crippen LogP contribution >= 0.6 is 0 Å². The number of rotatable bonds is 3. The van der Waals surface area contributed by atoms with E-state index in [0.29, 0.717) is 11.8 Å². The van der Waals surface area contributed by atoms with Crippen molar-refractivity contribution in [3.8, 4) is 0 Å². The second-order valence-corrected chi connectivity index (χ2v) is 5.22. The van der Waals surface area contributed by atoms with E-state index < -0.39 is 0 Å². The Hall–Kier alpha value is -0.830. The van der Waals surface area contributed by atoms with Crippen molar-refractivity contribution in [2.75, 3.05) is 7.05 Å². The third kappa shape index (κ3) is 2.46. The third-order valence-electron chi connectivity index (χ3n) is 3.76. The van der Waals surface area contributed by atoms with Crippen LogP contribution in [0.25, 0.3) is 0 Å². The summed E-state index contributed by atoms with van der Waals surface area (Å²) in [4.78, 5) is 8.02. The third-order valence-corrected chi connectivity index (χ3v) is 3.76. The summed E-state index contributed by atoms with van der Waals surface area (Å²) in [6.45, 7) is 4.41. The molecule has 0 spiro atoms. The van der Waals surface area contributed by atoms with Gasteiger partial charge in [-0.2, -0.15) is 0 Å². The lowest BCUT2D eigenvalue weighted by Gasteiger charge is -2.26. The molecule has 1 aromatic heterocycles. The fourth-order valence-corrected chi connectivity index (χ4v) is 2.51. The second kappa shape index (κ2) is 5.00. The molecule has 2 N–H and O–H groups in total.